The summed E-state index contributed by atoms with van der Waals surface area (Å²) in [6.45, 7) is 0.0915. The third-order valence-electron chi connectivity index (χ3n) is 2.31. The van der Waals surface area contributed by atoms with Gasteiger partial charge in [0.25, 0.3) is 0 Å². The molecule has 0 saturated heterocycles. The van der Waals surface area contributed by atoms with E-state index in [1.54, 1.807) is 0 Å². The Hall–Kier alpha value is -2.19. The molecule has 0 saturated carbocycles. The van der Waals surface area contributed by atoms with Crippen LogP contribution in [0.25, 0.3) is 0 Å². The Morgan fingerprint density at radius 1 is 1.38 bits per heavy atom. The van der Waals surface area contributed by atoms with Crippen molar-refractivity contribution >= 4 is 18.3 Å². The van der Waals surface area contributed by atoms with Crippen LogP contribution < -0.4 is 15.8 Å². The van der Waals surface area contributed by atoms with E-state index < -0.39 is 0 Å². The van der Waals surface area contributed by atoms with E-state index >= 15 is 0 Å². The van der Waals surface area contributed by atoms with E-state index in [0.717, 1.165) is 0 Å². The van der Waals surface area contributed by atoms with Crippen LogP contribution in [0.4, 0.5) is 4.39 Å². The van der Waals surface area contributed by atoms with Gasteiger partial charge in [-0.3, -0.25) is 4.79 Å². The lowest BCUT2D eigenvalue weighted by Gasteiger charge is -2.02. The Bertz CT molecular complexity index is 576. The summed E-state index contributed by atoms with van der Waals surface area (Å²) in [5, 5.41) is 6.18. The molecule has 114 valence electrons. The molecule has 2 rings (SSSR count). The SMILES string of the molecule is Cl.NCC(=O)NCc1nc(COc2ccc(F)cc2)no1. The van der Waals surface area contributed by atoms with E-state index in [4.69, 9.17) is 15.0 Å². The molecule has 0 aliphatic carbocycles. The van der Waals surface area contributed by atoms with E-state index in [1.807, 2.05) is 0 Å². The van der Waals surface area contributed by atoms with Gasteiger partial charge in [-0.15, -0.1) is 12.4 Å². The lowest BCUT2D eigenvalue weighted by atomic mass is 10.3. The lowest BCUT2D eigenvalue weighted by molar-refractivity contribution is -0.120. The molecule has 1 aromatic carbocycles. The van der Waals surface area contributed by atoms with Crippen LogP contribution in [0.2, 0.25) is 0 Å². The van der Waals surface area contributed by atoms with Gasteiger partial charge in [0.15, 0.2) is 6.61 Å². The zero-order chi connectivity index (χ0) is 14.4. The molecule has 1 heterocycles. The minimum atomic E-state index is -0.338. The predicted molar refractivity (Wildman–Crippen MR) is 73.2 cm³/mol. The standard InChI is InChI=1S/C12H13FN4O3.ClH/c13-8-1-3-9(4-2-8)19-7-10-16-12(20-17-10)6-15-11(18)5-14;/h1-4H,5-7,14H2,(H,15,18);1H. The molecule has 1 amide bonds. The molecular formula is C12H14ClFN4O3. The minimum Gasteiger partial charge on any atom is -0.485 e. The molecule has 0 aliphatic heterocycles. The molecule has 0 atom stereocenters. The van der Waals surface area contributed by atoms with Crippen LogP contribution in [-0.2, 0) is 17.9 Å². The van der Waals surface area contributed by atoms with Crippen molar-refractivity contribution in [3.8, 4) is 5.75 Å². The normalized spacial score (nSPS) is 9.81. The van der Waals surface area contributed by atoms with E-state index in [-0.39, 0.29) is 49.7 Å². The molecule has 9 heteroatoms. The Labute approximate surface area is 126 Å². The van der Waals surface area contributed by atoms with Crippen molar-refractivity contribution in [2.24, 2.45) is 5.73 Å². The number of nitrogens with one attached hydrogen (secondary N) is 1. The minimum absolute atomic E-state index is 0. The second kappa shape index (κ2) is 8.18. The summed E-state index contributed by atoms with van der Waals surface area (Å²) >= 11 is 0. The maximum atomic E-state index is 12.7. The van der Waals surface area contributed by atoms with Crippen molar-refractivity contribution in [3.63, 3.8) is 0 Å². The highest BCUT2D eigenvalue weighted by Crippen LogP contribution is 2.12. The second-order valence-electron chi connectivity index (χ2n) is 3.83. The van der Waals surface area contributed by atoms with Gasteiger partial charge in [0.05, 0.1) is 13.1 Å². The predicted octanol–water partition coefficient (Wildman–Crippen LogP) is 0.784. The summed E-state index contributed by atoms with van der Waals surface area (Å²) in [5.74, 6) is 0.423. The lowest BCUT2D eigenvalue weighted by Crippen LogP contribution is -2.29. The van der Waals surface area contributed by atoms with Crippen molar-refractivity contribution in [2.75, 3.05) is 6.54 Å². The zero-order valence-electron chi connectivity index (χ0n) is 10.9. The van der Waals surface area contributed by atoms with Crippen LogP contribution in [0, 0.1) is 5.82 Å². The van der Waals surface area contributed by atoms with Gasteiger partial charge in [0.2, 0.25) is 17.6 Å². The van der Waals surface area contributed by atoms with Gasteiger partial charge in [-0.1, -0.05) is 5.16 Å². The fraction of sp³-hybridized carbons (Fsp3) is 0.250. The van der Waals surface area contributed by atoms with Crippen molar-refractivity contribution < 1.29 is 18.4 Å². The van der Waals surface area contributed by atoms with E-state index in [0.29, 0.717) is 11.6 Å². The number of aromatic nitrogens is 2. The Morgan fingerprint density at radius 3 is 2.76 bits per heavy atom. The van der Waals surface area contributed by atoms with E-state index in [9.17, 15) is 9.18 Å². The largest absolute Gasteiger partial charge is 0.485 e. The second-order valence-corrected chi connectivity index (χ2v) is 3.83. The summed E-state index contributed by atoms with van der Waals surface area (Å²) in [4.78, 5) is 15.0. The Kier molecular flexibility index (Phi) is 6.57. The molecular weight excluding hydrogens is 303 g/mol. The van der Waals surface area contributed by atoms with Crippen LogP contribution in [0.5, 0.6) is 5.75 Å². The molecule has 0 fully saturated rings. The molecule has 2 aromatic rings. The fourth-order valence-electron chi connectivity index (χ4n) is 1.35. The molecule has 3 N–H and O–H groups in total. The van der Waals surface area contributed by atoms with Crippen LogP contribution in [-0.4, -0.2) is 22.6 Å². The summed E-state index contributed by atoms with van der Waals surface area (Å²) in [6, 6.07) is 5.58. The number of nitrogens with two attached hydrogens (primary N) is 1. The number of halogens is 2. The smallest absolute Gasteiger partial charge is 0.246 e. The van der Waals surface area contributed by atoms with Crippen LogP contribution in [0.15, 0.2) is 28.8 Å². The number of ether oxygens (including phenoxy) is 1. The highest BCUT2D eigenvalue weighted by Gasteiger charge is 2.08. The van der Waals surface area contributed by atoms with Crippen molar-refractivity contribution in [2.45, 2.75) is 13.2 Å². The first-order valence-corrected chi connectivity index (χ1v) is 5.84. The van der Waals surface area contributed by atoms with Gasteiger partial charge in [-0.2, -0.15) is 4.98 Å². The van der Waals surface area contributed by atoms with Crippen LogP contribution in [0.3, 0.4) is 0 Å². The van der Waals surface area contributed by atoms with E-state index in [2.05, 4.69) is 15.5 Å². The average Bonchev–Trinajstić information content (AvgIpc) is 2.92. The molecule has 0 aliphatic rings. The summed E-state index contributed by atoms with van der Waals surface area (Å²) in [5.41, 5.74) is 5.14. The molecule has 0 bridgehead atoms. The first kappa shape index (κ1) is 16.9. The van der Waals surface area contributed by atoms with Gasteiger partial charge in [0.1, 0.15) is 11.6 Å². The van der Waals surface area contributed by atoms with Crippen molar-refractivity contribution in [3.05, 3.63) is 41.8 Å². The first-order valence-electron chi connectivity index (χ1n) is 5.84. The maximum Gasteiger partial charge on any atom is 0.246 e. The summed E-state index contributed by atoms with van der Waals surface area (Å²) in [6.07, 6.45) is 0. The molecule has 7 nitrogen and oxygen atoms in total. The van der Waals surface area contributed by atoms with Crippen LogP contribution in [0.1, 0.15) is 11.7 Å². The number of benzene rings is 1. The quantitative estimate of drug-likeness (QED) is 0.816. The molecule has 0 spiro atoms. The highest BCUT2D eigenvalue weighted by molar-refractivity contribution is 5.85. The zero-order valence-corrected chi connectivity index (χ0v) is 11.7. The van der Waals surface area contributed by atoms with Crippen LogP contribution >= 0.6 is 12.4 Å². The number of carbonyl (C=O) groups is 1. The van der Waals surface area contributed by atoms with Crippen molar-refractivity contribution in [1.29, 1.82) is 0 Å². The van der Waals surface area contributed by atoms with Gasteiger partial charge in [-0.05, 0) is 24.3 Å². The van der Waals surface area contributed by atoms with Crippen molar-refractivity contribution in [1.82, 2.24) is 15.5 Å². The van der Waals surface area contributed by atoms with Gasteiger partial charge >= 0.3 is 0 Å². The van der Waals surface area contributed by atoms with Gasteiger partial charge in [0, 0.05) is 0 Å². The number of hydrogen-bond acceptors (Lipinski definition) is 6. The monoisotopic (exact) mass is 316 g/mol. The molecule has 1 aromatic heterocycles. The summed E-state index contributed by atoms with van der Waals surface area (Å²) < 4.78 is 23.0. The first-order chi connectivity index (χ1) is 9.67. The summed E-state index contributed by atoms with van der Waals surface area (Å²) in [7, 11) is 0. The number of amides is 1. The van der Waals surface area contributed by atoms with E-state index in [1.165, 1.54) is 24.3 Å². The average molecular weight is 317 g/mol. The molecule has 0 unspecified atom stereocenters. The molecule has 21 heavy (non-hydrogen) atoms. The fourth-order valence-corrected chi connectivity index (χ4v) is 1.35. The Balaban J connectivity index is 0.00000220. The Morgan fingerprint density at radius 2 is 2.10 bits per heavy atom. The molecule has 0 radical (unpaired) electrons. The van der Waals surface area contributed by atoms with Gasteiger partial charge in [-0.25, -0.2) is 4.39 Å². The third kappa shape index (κ3) is 5.36. The van der Waals surface area contributed by atoms with Gasteiger partial charge < -0.3 is 20.3 Å². The highest BCUT2D eigenvalue weighted by atomic mass is 35.5. The number of carbonyl (C=O) groups excluding carboxylic acids is 1. The number of rotatable bonds is 6. The topological polar surface area (TPSA) is 103 Å². The number of hydrogen-bond donors (Lipinski definition) is 2. The third-order valence-corrected chi connectivity index (χ3v) is 2.31. The number of nitrogens with zero attached hydrogens (tertiary/aromatic N) is 2. The maximum absolute atomic E-state index is 12.7.